The number of nitro benzene ring substituents is 1. The van der Waals surface area contributed by atoms with Gasteiger partial charge in [0.05, 0.1) is 10.5 Å². The summed E-state index contributed by atoms with van der Waals surface area (Å²) in [5, 5.41) is 21.6. The molecular weight excluding hydrogens is 327 g/mol. The van der Waals surface area contributed by atoms with Gasteiger partial charge in [0, 0.05) is 25.1 Å². The van der Waals surface area contributed by atoms with Gasteiger partial charge in [-0.05, 0) is 26.0 Å². The van der Waals surface area contributed by atoms with Crippen LogP contribution in [-0.2, 0) is 12.6 Å². The molecule has 7 nitrogen and oxygen atoms in total. The Morgan fingerprint density at radius 1 is 1.38 bits per heavy atom. The van der Waals surface area contributed by atoms with Crippen molar-refractivity contribution in [2.45, 2.75) is 32.5 Å². The third-order valence-electron chi connectivity index (χ3n) is 3.39. The minimum atomic E-state index is -4.63. The second-order valence-corrected chi connectivity index (χ2v) is 5.41. The van der Waals surface area contributed by atoms with Gasteiger partial charge in [0.25, 0.3) is 5.69 Å². The maximum atomic E-state index is 12.7. The Balaban J connectivity index is 2.12. The van der Waals surface area contributed by atoms with Crippen LogP contribution in [0.2, 0.25) is 0 Å². The zero-order valence-electron chi connectivity index (χ0n) is 13.0. The molecule has 0 bridgehead atoms. The number of hydrogen-bond donors (Lipinski definition) is 1. The van der Waals surface area contributed by atoms with Gasteiger partial charge in [0.1, 0.15) is 17.8 Å². The molecule has 0 aliphatic carbocycles. The minimum absolute atomic E-state index is 0.0311. The molecule has 2 aromatic rings. The molecule has 130 valence electrons. The number of hydrogen-bond acceptors (Lipinski definition) is 5. The Morgan fingerprint density at radius 2 is 2.08 bits per heavy atom. The first-order valence-electron chi connectivity index (χ1n) is 7.18. The first-order valence-corrected chi connectivity index (χ1v) is 7.18. The molecule has 0 saturated carbocycles. The zero-order chi connectivity index (χ0) is 17.9. The van der Waals surface area contributed by atoms with Crippen molar-refractivity contribution in [3.05, 3.63) is 46.0 Å². The Kier molecular flexibility index (Phi) is 5.05. The number of benzene rings is 1. The van der Waals surface area contributed by atoms with Crippen molar-refractivity contribution in [2.75, 3.05) is 11.9 Å². The van der Waals surface area contributed by atoms with Crippen molar-refractivity contribution >= 4 is 11.4 Å². The van der Waals surface area contributed by atoms with E-state index in [-0.39, 0.29) is 18.3 Å². The van der Waals surface area contributed by atoms with E-state index in [1.165, 1.54) is 0 Å². The molecule has 0 aliphatic heterocycles. The smallest absolute Gasteiger partial charge is 0.379 e. The first kappa shape index (κ1) is 17.7. The highest BCUT2D eigenvalue weighted by molar-refractivity contribution is 5.63. The van der Waals surface area contributed by atoms with Crippen LogP contribution in [0.5, 0.6) is 0 Å². The Bertz CT molecular complexity index is 727. The van der Waals surface area contributed by atoms with E-state index in [0.29, 0.717) is 18.3 Å². The number of nitrogens with zero attached hydrogens (tertiary/aromatic N) is 4. The normalized spacial score (nSPS) is 11.8. The third-order valence-corrected chi connectivity index (χ3v) is 3.39. The highest BCUT2D eigenvalue weighted by Gasteiger charge is 2.33. The fraction of sp³-hybridized carbons (Fsp3) is 0.429. The third kappa shape index (κ3) is 4.00. The number of alkyl halides is 3. The topological polar surface area (TPSA) is 85.9 Å². The van der Waals surface area contributed by atoms with Gasteiger partial charge in [-0.3, -0.25) is 10.1 Å². The lowest BCUT2D eigenvalue weighted by atomic mass is 10.1. The number of rotatable bonds is 6. The molecule has 0 amide bonds. The van der Waals surface area contributed by atoms with E-state index in [4.69, 9.17) is 0 Å². The maximum Gasteiger partial charge on any atom is 0.416 e. The molecular formula is C14H16F3N5O2. The summed E-state index contributed by atoms with van der Waals surface area (Å²) in [4.78, 5) is 10.2. The summed E-state index contributed by atoms with van der Waals surface area (Å²) in [6.07, 6.45) is -2.62. The Morgan fingerprint density at radius 3 is 2.67 bits per heavy atom. The lowest BCUT2D eigenvalue weighted by Crippen LogP contribution is -2.13. The molecule has 0 aliphatic rings. The fourth-order valence-corrected chi connectivity index (χ4v) is 2.19. The average molecular weight is 343 g/mol. The largest absolute Gasteiger partial charge is 0.416 e. The van der Waals surface area contributed by atoms with E-state index in [2.05, 4.69) is 15.5 Å². The molecule has 2 rings (SSSR count). The van der Waals surface area contributed by atoms with Crippen molar-refractivity contribution in [3.8, 4) is 0 Å². The summed E-state index contributed by atoms with van der Waals surface area (Å²) in [5.41, 5.74) is -1.64. The molecule has 1 heterocycles. The van der Waals surface area contributed by atoms with Crippen LogP contribution in [0.3, 0.4) is 0 Å². The number of anilines is 1. The van der Waals surface area contributed by atoms with Gasteiger partial charge in [0.2, 0.25) is 0 Å². The van der Waals surface area contributed by atoms with Crippen LogP contribution in [0, 0.1) is 10.1 Å². The summed E-state index contributed by atoms with van der Waals surface area (Å²) in [7, 11) is 0. The first-order chi connectivity index (χ1) is 11.2. The van der Waals surface area contributed by atoms with Crippen molar-refractivity contribution in [1.29, 1.82) is 0 Å². The van der Waals surface area contributed by atoms with Crippen LogP contribution in [0.4, 0.5) is 24.5 Å². The molecule has 0 fully saturated rings. The van der Waals surface area contributed by atoms with Crippen LogP contribution in [0.25, 0.3) is 0 Å². The second kappa shape index (κ2) is 6.85. The quantitative estimate of drug-likeness (QED) is 0.641. The standard InChI is InChI=1S/C14H16F3N5O2/c1-9(2)21-8-19-20-13(21)5-6-18-11-4-3-10(14(15,16)17)7-12(11)22(23)24/h3-4,7-9,18H,5-6H2,1-2H3. The van der Waals surface area contributed by atoms with Gasteiger partial charge in [-0.1, -0.05) is 0 Å². The molecule has 24 heavy (non-hydrogen) atoms. The fourth-order valence-electron chi connectivity index (χ4n) is 2.19. The van der Waals surface area contributed by atoms with Crippen LogP contribution in [-0.4, -0.2) is 26.2 Å². The van der Waals surface area contributed by atoms with Crippen molar-refractivity contribution < 1.29 is 18.1 Å². The van der Waals surface area contributed by atoms with Gasteiger partial charge >= 0.3 is 6.18 Å². The summed E-state index contributed by atoms with van der Waals surface area (Å²) in [6, 6.07) is 2.56. The molecule has 0 saturated heterocycles. The molecule has 1 N–H and O–H groups in total. The Hall–Kier alpha value is -2.65. The monoisotopic (exact) mass is 343 g/mol. The molecule has 0 atom stereocenters. The highest BCUT2D eigenvalue weighted by atomic mass is 19.4. The van der Waals surface area contributed by atoms with Gasteiger partial charge < -0.3 is 9.88 Å². The van der Waals surface area contributed by atoms with Crippen molar-refractivity contribution in [1.82, 2.24) is 14.8 Å². The summed E-state index contributed by atoms with van der Waals surface area (Å²) >= 11 is 0. The van der Waals surface area contributed by atoms with E-state index in [1.54, 1.807) is 6.33 Å². The van der Waals surface area contributed by atoms with Crippen molar-refractivity contribution in [2.24, 2.45) is 0 Å². The molecule has 0 spiro atoms. The van der Waals surface area contributed by atoms with Gasteiger partial charge in [-0.2, -0.15) is 13.2 Å². The van der Waals surface area contributed by atoms with Crippen LogP contribution in [0.15, 0.2) is 24.5 Å². The van der Waals surface area contributed by atoms with Gasteiger partial charge in [0.15, 0.2) is 0 Å². The lowest BCUT2D eigenvalue weighted by Gasteiger charge is -2.12. The predicted molar refractivity (Wildman–Crippen MR) is 80.7 cm³/mol. The molecule has 0 radical (unpaired) electrons. The number of aromatic nitrogens is 3. The maximum absolute atomic E-state index is 12.7. The SMILES string of the molecule is CC(C)n1cnnc1CCNc1ccc(C(F)(F)F)cc1[N+](=O)[O-]. The van der Waals surface area contributed by atoms with Crippen molar-refractivity contribution in [3.63, 3.8) is 0 Å². The zero-order valence-corrected chi connectivity index (χ0v) is 13.0. The van der Waals surface area contributed by atoms with E-state index in [9.17, 15) is 23.3 Å². The number of halogens is 3. The summed E-state index contributed by atoms with van der Waals surface area (Å²) < 4.78 is 39.8. The highest BCUT2D eigenvalue weighted by Crippen LogP contribution is 2.34. The van der Waals surface area contributed by atoms with E-state index < -0.39 is 22.4 Å². The van der Waals surface area contributed by atoms with Crippen LogP contribution < -0.4 is 5.32 Å². The predicted octanol–water partition coefficient (Wildman–Crippen LogP) is 3.44. The average Bonchev–Trinajstić information content (AvgIpc) is 2.95. The van der Waals surface area contributed by atoms with Gasteiger partial charge in [-0.25, -0.2) is 0 Å². The van der Waals surface area contributed by atoms with E-state index >= 15 is 0 Å². The lowest BCUT2D eigenvalue weighted by molar-refractivity contribution is -0.384. The molecule has 1 aromatic carbocycles. The van der Waals surface area contributed by atoms with Crippen LogP contribution in [0.1, 0.15) is 31.3 Å². The Labute approximate surface area is 135 Å². The molecule has 1 aromatic heterocycles. The van der Waals surface area contributed by atoms with E-state index in [0.717, 1.165) is 12.1 Å². The molecule has 0 unspecified atom stereocenters. The van der Waals surface area contributed by atoms with Gasteiger partial charge in [-0.15, -0.1) is 10.2 Å². The number of nitro groups is 1. The van der Waals surface area contributed by atoms with Crippen LogP contribution >= 0.6 is 0 Å². The number of nitrogens with one attached hydrogen (secondary N) is 1. The van der Waals surface area contributed by atoms with E-state index in [1.807, 2.05) is 18.4 Å². The summed E-state index contributed by atoms with van der Waals surface area (Å²) in [6.45, 7) is 4.19. The minimum Gasteiger partial charge on any atom is -0.379 e. The second-order valence-electron chi connectivity index (χ2n) is 5.41. The molecule has 10 heteroatoms. The summed E-state index contributed by atoms with van der Waals surface area (Å²) in [5.74, 6) is 0.687.